The summed E-state index contributed by atoms with van der Waals surface area (Å²) in [7, 11) is -0.254. The lowest BCUT2D eigenvalue weighted by Crippen LogP contribution is -2.32. The second-order valence-corrected chi connectivity index (χ2v) is 9.69. The summed E-state index contributed by atoms with van der Waals surface area (Å²) >= 11 is 0. The fourth-order valence-electron chi connectivity index (χ4n) is 4.50. The van der Waals surface area contributed by atoms with Crippen molar-refractivity contribution in [2.45, 2.75) is 16.1 Å². The van der Waals surface area contributed by atoms with Crippen LogP contribution in [0.1, 0.15) is 22.0 Å². The van der Waals surface area contributed by atoms with Crippen LogP contribution in [0.15, 0.2) is 53.7 Å². The number of aromatic nitrogens is 3. The Labute approximate surface area is 174 Å². The number of sulfone groups is 1. The van der Waals surface area contributed by atoms with Crippen LogP contribution in [-0.4, -0.2) is 59.4 Å². The average Bonchev–Trinajstić information content (AvgIpc) is 3.43. The van der Waals surface area contributed by atoms with Gasteiger partial charge in [-0.05, 0) is 41.5 Å². The van der Waals surface area contributed by atoms with E-state index in [9.17, 15) is 13.2 Å². The number of hydrogen-bond donors (Lipinski definition) is 0. The number of hydrogen-bond acceptors (Lipinski definition) is 6. The van der Waals surface area contributed by atoms with Crippen molar-refractivity contribution < 1.29 is 17.9 Å². The molecule has 5 rings (SSSR count). The molecule has 1 fully saturated rings. The molecule has 0 N–H and O–H groups in total. The summed E-state index contributed by atoms with van der Waals surface area (Å²) in [6, 6.07) is 10.7. The number of nitrogens with zero attached hydrogens (tertiary/aromatic N) is 4. The van der Waals surface area contributed by atoms with Crippen molar-refractivity contribution in [3.63, 3.8) is 0 Å². The first kappa shape index (κ1) is 18.8. The summed E-state index contributed by atoms with van der Waals surface area (Å²) < 4.78 is 33.2. The molecule has 1 aromatic carbocycles. The van der Waals surface area contributed by atoms with Crippen LogP contribution >= 0.6 is 0 Å². The van der Waals surface area contributed by atoms with Crippen LogP contribution in [-0.2, 0) is 16.9 Å². The third kappa shape index (κ3) is 2.65. The van der Waals surface area contributed by atoms with Crippen molar-refractivity contribution in [1.82, 2.24) is 19.7 Å². The topological polar surface area (TPSA) is 94.4 Å². The van der Waals surface area contributed by atoms with E-state index in [2.05, 4.69) is 10.1 Å². The normalized spacial score (nSPS) is 21.3. The molecule has 0 aliphatic carbocycles. The predicted molar refractivity (Wildman–Crippen MR) is 109 cm³/mol. The minimum absolute atomic E-state index is 0.178. The Morgan fingerprint density at radius 1 is 1.17 bits per heavy atom. The van der Waals surface area contributed by atoms with Crippen LogP contribution in [0.3, 0.4) is 0 Å². The summed E-state index contributed by atoms with van der Waals surface area (Å²) in [6.45, 7) is 0.534. The van der Waals surface area contributed by atoms with Gasteiger partial charge in [-0.3, -0.25) is 9.48 Å². The van der Waals surface area contributed by atoms with Crippen molar-refractivity contribution >= 4 is 15.7 Å². The molecule has 2 aliphatic rings. The van der Waals surface area contributed by atoms with E-state index in [-0.39, 0.29) is 18.4 Å². The van der Waals surface area contributed by atoms with Gasteiger partial charge in [0.05, 0.1) is 17.3 Å². The SMILES string of the molecule is COc1ncccc1-c1ccc2c(c1)[C@@H]1CN(C(=O)c3ccnn3C)C[C@@H]1S2(=O)=O. The summed E-state index contributed by atoms with van der Waals surface area (Å²) in [4.78, 5) is 19.1. The zero-order valence-electron chi connectivity index (χ0n) is 16.5. The third-order valence-electron chi connectivity index (χ3n) is 5.98. The van der Waals surface area contributed by atoms with E-state index in [4.69, 9.17) is 4.74 Å². The van der Waals surface area contributed by atoms with Crippen molar-refractivity contribution in [3.8, 4) is 17.0 Å². The van der Waals surface area contributed by atoms with Gasteiger partial charge in [-0.2, -0.15) is 5.10 Å². The Morgan fingerprint density at radius 3 is 2.73 bits per heavy atom. The van der Waals surface area contributed by atoms with Crippen molar-refractivity contribution in [3.05, 3.63) is 60.0 Å². The highest BCUT2D eigenvalue weighted by Crippen LogP contribution is 2.46. The van der Waals surface area contributed by atoms with Crippen LogP contribution in [0.4, 0.5) is 0 Å². The van der Waals surface area contributed by atoms with Gasteiger partial charge in [0.2, 0.25) is 5.88 Å². The molecular weight excluding hydrogens is 404 g/mol. The first-order valence-electron chi connectivity index (χ1n) is 9.56. The Morgan fingerprint density at radius 2 is 2.00 bits per heavy atom. The number of aryl methyl sites for hydroxylation is 1. The number of rotatable bonds is 3. The zero-order chi connectivity index (χ0) is 21.0. The lowest BCUT2D eigenvalue weighted by molar-refractivity contribution is 0.0780. The molecule has 0 bridgehead atoms. The molecule has 0 radical (unpaired) electrons. The smallest absolute Gasteiger partial charge is 0.272 e. The van der Waals surface area contributed by atoms with Gasteiger partial charge in [-0.1, -0.05) is 6.07 Å². The number of methoxy groups -OCH3 is 1. The number of carbonyl (C=O) groups is 1. The van der Waals surface area contributed by atoms with E-state index in [1.807, 2.05) is 18.2 Å². The standard InChI is InChI=1S/C21H20N4O4S/c1-24-17(7-9-23-24)21(26)25-11-16-15-10-13(14-4-3-8-22-20(14)29-2)5-6-18(15)30(27,28)19(16)12-25/h3-10,16,19H,11-12H2,1-2H3/t16-,19-/m0/s1. The quantitative estimate of drug-likeness (QED) is 0.637. The van der Waals surface area contributed by atoms with Crippen LogP contribution in [0, 0.1) is 0 Å². The molecule has 154 valence electrons. The lowest BCUT2D eigenvalue weighted by Gasteiger charge is -2.18. The third-order valence-corrected chi connectivity index (χ3v) is 8.24. The summed E-state index contributed by atoms with van der Waals surface area (Å²) in [5.74, 6) is 0.0188. The van der Waals surface area contributed by atoms with Gasteiger partial charge in [0.1, 0.15) is 5.69 Å². The molecule has 2 aromatic heterocycles. The summed E-state index contributed by atoms with van der Waals surface area (Å²) in [5, 5.41) is 3.41. The molecule has 1 saturated heterocycles. The number of carbonyl (C=O) groups excluding carboxylic acids is 1. The van der Waals surface area contributed by atoms with Crippen molar-refractivity contribution in [2.24, 2.45) is 7.05 Å². The fraction of sp³-hybridized carbons (Fsp3) is 0.286. The highest BCUT2D eigenvalue weighted by Gasteiger charge is 2.51. The van der Waals surface area contributed by atoms with Gasteiger partial charge in [0.15, 0.2) is 9.84 Å². The highest BCUT2D eigenvalue weighted by atomic mass is 32.2. The average molecular weight is 424 g/mol. The second-order valence-electron chi connectivity index (χ2n) is 7.55. The number of benzene rings is 1. The minimum atomic E-state index is -3.51. The van der Waals surface area contributed by atoms with Gasteiger partial charge >= 0.3 is 0 Å². The van der Waals surface area contributed by atoms with Gasteiger partial charge in [0.25, 0.3) is 5.91 Å². The Balaban J connectivity index is 1.54. The minimum Gasteiger partial charge on any atom is -0.481 e. The molecule has 0 saturated carbocycles. The zero-order valence-corrected chi connectivity index (χ0v) is 17.3. The molecular formula is C21H20N4O4S. The largest absolute Gasteiger partial charge is 0.481 e. The molecule has 2 aliphatic heterocycles. The molecule has 1 amide bonds. The van der Waals surface area contributed by atoms with Crippen LogP contribution in [0.5, 0.6) is 5.88 Å². The van der Waals surface area contributed by atoms with Crippen LogP contribution in [0.2, 0.25) is 0 Å². The van der Waals surface area contributed by atoms with Crippen molar-refractivity contribution in [2.75, 3.05) is 20.2 Å². The van der Waals surface area contributed by atoms with Gasteiger partial charge in [-0.25, -0.2) is 13.4 Å². The number of ether oxygens (including phenoxy) is 1. The Bertz CT molecular complexity index is 1270. The van der Waals surface area contributed by atoms with E-state index < -0.39 is 15.1 Å². The van der Waals surface area contributed by atoms with E-state index in [0.29, 0.717) is 23.0 Å². The summed E-state index contributed by atoms with van der Waals surface area (Å²) in [5.41, 5.74) is 2.83. The van der Waals surface area contributed by atoms with Gasteiger partial charge in [-0.15, -0.1) is 0 Å². The molecule has 30 heavy (non-hydrogen) atoms. The van der Waals surface area contributed by atoms with Gasteiger partial charge < -0.3 is 9.64 Å². The van der Waals surface area contributed by atoms with Crippen molar-refractivity contribution in [1.29, 1.82) is 0 Å². The molecule has 0 spiro atoms. The fourth-order valence-corrected chi connectivity index (χ4v) is 6.66. The van der Waals surface area contributed by atoms with Crippen LogP contribution < -0.4 is 4.74 Å². The maximum atomic E-state index is 13.2. The lowest BCUT2D eigenvalue weighted by atomic mass is 9.95. The van der Waals surface area contributed by atoms with Crippen LogP contribution in [0.25, 0.3) is 11.1 Å². The number of fused-ring (bicyclic) bond motifs is 3. The first-order chi connectivity index (χ1) is 14.4. The molecule has 3 aromatic rings. The number of pyridine rings is 1. The molecule has 8 nitrogen and oxygen atoms in total. The number of amides is 1. The van der Waals surface area contributed by atoms with Gasteiger partial charge in [0, 0.05) is 44.0 Å². The highest BCUT2D eigenvalue weighted by molar-refractivity contribution is 7.92. The Hall–Kier alpha value is -3.20. The monoisotopic (exact) mass is 424 g/mol. The molecule has 9 heteroatoms. The summed E-state index contributed by atoms with van der Waals surface area (Å²) in [6.07, 6.45) is 3.21. The van der Waals surface area contributed by atoms with E-state index in [1.54, 1.807) is 49.7 Å². The second kappa shape index (κ2) is 6.66. The first-order valence-corrected chi connectivity index (χ1v) is 11.1. The van der Waals surface area contributed by atoms with E-state index >= 15 is 0 Å². The van der Waals surface area contributed by atoms with E-state index in [0.717, 1.165) is 16.7 Å². The number of likely N-dealkylation sites (tertiary alicyclic amines) is 1. The molecule has 0 unspecified atom stereocenters. The Kier molecular flexibility index (Phi) is 4.18. The molecule has 4 heterocycles. The van der Waals surface area contributed by atoms with E-state index in [1.165, 1.54) is 4.68 Å². The maximum Gasteiger partial charge on any atom is 0.272 e. The maximum absolute atomic E-state index is 13.2. The predicted octanol–water partition coefficient (Wildman–Crippen LogP) is 1.89. The molecule has 2 atom stereocenters.